The SMILES string of the molecule is CN1C2CCC1CN(c1cc(=O)[nH]cn1)CC2. The third kappa shape index (κ3) is 1.95. The number of aromatic nitrogens is 2. The highest BCUT2D eigenvalue weighted by molar-refractivity contribution is 5.37. The van der Waals surface area contributed by atoms with Gasteiger partial charge in [0.1, 0.15) is 5.82 Å². The van der Waals surface area contributed by atoms with Crippen LogP contribution >= 0.6 is 0 Å². The largest absolute Gasteiger partial charge is 0.355 e. The lowest BCUT2D eigenvalue weighted by Crippen LogP contribution is -2.37. The highest BCUT2D eigenvalue weighted by Gasteiger charge is 2.34. The molecule has 0 saturated carbocycles. The van der Waals surface area contributed by atoms with E-state index in [0.717, 1.165) is 18.9 Å². The Labute approximate surface area is 100 Å². The van der Waals surface area contributed by atoms with E-state index in [4.69, 9.17) is 0 Å². The summed E-state index contributed by atoms with van der Waals surface area (Å²) in [6.45, 7) is 1.99. The van der Waals surface area contributed by atoms with Gasteiger partial charge in [0.2, 0.25) is 0 Å². The Kier molecular flexibility index (Phi) is 2.63. The molecular formula is C12H18N4O. The van der Waals surface area contributed by atoms with Gasteiger partial charge in [-0.05, 0) is 26.3 Å². The van der Waals surface area contributed by atoms with Gasteiger partial charge in [-0.3, -0.25) is 9.69 Å². The van der Waals surface area contributed by atoms with Crippen LogP contribution in [0.15, 0.2) is 17.2 Å². The number of aromatic amines is 1. The number of nitrogens with one attached hydrogen (secondary N) is 1. The smallest absolute Gasteiger partial charge is 0.252 e. The normalized spacial score (nSPS) is 29.4. The molecule has 0 aliphatic carbocycles. The number of anilines is 1. The van der Waals surface area contributed by atoms with Crippen LogP contribution in [0.5, 0.6) is 0 Å². The van der Waals surface area contributed by atoms with E-state index < -0.39 is 0 Å². The average molecular weight is 234 g/mol. The summed E-state index contributed by atoms with van der Waals surface area (Å²) < 4.78 is 0. The maximum absolute atomic E-state index is 11.3. The molecule has 0 spiro atoms. The van der Waals surface area contributed by atoms with Gasteiger partial charge in [0.25, 0.3) is 5.56 Å². The fourth-order valence-corrected chi connectivity index (χ4v) is 3.05. The fraction of sp³-hybridized carbons (Fsp3) is 0.667. The molecule has 5 heteroatoms. The average Bonchev–Trinajstić information content (AvgIpc) is 2.53. The molecule has 5 nitrogen and oxygen atoms in total. The lowest BCUT2D eigenvalue weighted by molar-refractivity contribution is 0.254. The molecule has 92 valence electrons. The summed E-state index contributed by atoms with van der Waals surface area (Å²) in [5.74, 6) is 0.815. The molecule has 0 amide bonds. The molecule has 2 bridgehead atoms. The van der Waals surface area contributed by atoms with Crippen LogP contribution in [-0.4, -0.2) is 47.1 Å². The maximum atomic E-state index is 11.3. The van der Waals surface area contributed by atoms with Crippen LogP contribution in [0.4, 0.5) is 5.82 Å². The molecule has 2 aliphatic heterocycles. The Hall–Kier alpha value is -1.36. The van der Waals surface area contributed by atoms with Crippen molar-refractivity contribution >= 4 is 5.82 Å². The molecule has 3 rings (SSSR count). The van der Waals surface area contributed by atoms with Crippen LogP contribution < -0.4 is 10.5 Å². The van der Waals surface area contributed by atoms with E-state index >= 15 is 0 Å². The molecule has 3 heterocycles. The Morgan fingerprint density at radius 2 is 2.18 bits per heavy atom. The topological polar surface area (TPSA) is 52.2 Å². The van der Waals surface area contributed by atoms with Crippen LogP contribution in [0.3, 0.4) is 0 Å². The first-order valence-corrected chi connectivity index (χ1v) is 6.25. The predicted molar refractivity (Wildman–Crippen MR) is 66.3 cm³/mol. The van der Waals surface area contributed by atoms with Gasteiger partial charge < -0.3 is 9.88 Å². The first-order valence-electron chi connectivity index (χ1n) is 6.25. The summed E-state index contributed by atoms with van der Waals surface area (Å²) in [5.41, 5.74) is -0.0715. The van der Waals surface area contributed by atoms with Crippen LogP contribution in [0.2, 0.25) is 0 Å². The highest BCUT2D eigenvalue weighted by Crippen LogP contribution is 2.29. The second-order valence-corrected chi connectivity index (χ2v) is 5.05. The Bertz CT molecular complexity index is 458. The van der Waals surface area contributed by atoms with E-state index in [-0.39, 0.29) is 5.56 Å². The van der Waals surface area contributed by atoms with Crippen molar-refractivity contribution in [2.75, 3.05) is 25.0 Å². The standard InChI is InChI=1S/C12H18N4O/c1-15-9-2-3-10(15)7-16(5-4-9)11-6-12(17)14-8-13-11/h6,8-10H,2-5,7H2,1H3,(H,13,14,17). The van der Waals surface area contributed by atoms with Gasteiger partial charge in [0, 0.05) is 31.2 Å². The Morgan fingerprint density at radius 3 is 3.00 bits per heavy atom. The van der Waals surface area contributed by atoms with Crippen LogP contribution in [0, 0.1) is 0 Å². The van der Waals surface area contributed by atoms with E-state index in [1.807, 2.05) is 0 Å². The molecule has 2 fully saturated rings. The number of H-pyrrole nitrogens is 1. The van der Waals surface area contributed by atoms with Crippen LogP contribution in [-0.2, 0) is 0 Å². The monoisotopic (exact) mass is 234 g/mol. The summed E-state index contributed by atoms with van der Waals surface area (Å²) in [4.78, 5) is 22.9. The minimum absolute atomic E-state index is 0.0715. The molecule has 17 heavy (non-hydrogen) atoms. The van der Waals surface area contributed by atoms with Crippen LogP contribution in [0.25, 0.3) is 0 Å². The number of likely N-dealkylation sites (N-methyl/N-ethyl adjacent to an activating group) is 1. The Morgan fingerprint density at radius 1 is 1.35 bits per heavy atom. The van der Waals surface area contributed by atoms with Gasteiger partial charge in [-0.1, -0.05) is 0 Å². The van der Waals surface area contributed by atoms with Crippen molar-refractivity contribution < 1.29 is 0 Å². The van der Waals surface area contributed by atoms with Gasteiger partial charge in [0.05, 0.1) is 6.33 Å². The molecular weight excluding hydrogens is 216 g/mol. The molecule has 2 saturated heterocycles. The number of nitrogens with zero attached hydrogens (tertiary/aromatic N) is 3. The number of hydrogen-bond donors (Lipinski definition) is 1. The van der Waals surface area contributed by atoms with E-state index in [1.54, 1.807) is 6.07 Å². The minimum atomic E-state index is -0.0715. The summed E-state index contributed by atoms with van der Waals surface area (Å²) >= 11 is 0. The quantitative estimate of drug-likeness (QED) is 0.766. The summed E-state index contributed by atoms with van der Waals surface area (Å²) in [7, 11) is 2.22. The first-order chi connectivity index (χ1) is 8.24. The third-order valence-corrected chi connectivity index (χ3v) is 4.14. The fourth-order valence-electron chi connectivity index (χ4n) is 3.05. The van der Waals surface area contributed by atoms with Crippen molar-refractivity contribution in [3.8, 4) is 0 Å². The van der Waals surface area contributed by atoms with Gasteiger partial charge in [-0.15, -0.1) is 0 Å². The summed E-state index contributed by atoms with van der Waals surface area (Å²) in [5, 5.41) is 0. The van der Waals surface area contributed by atoms with E-state index in [0.29, 0.717) is 12.1 Å². The maximum Gasteiger partial charge on any atom is 0.252 e. The van der Waals surface area contributed by atoms with Crippen molar-refractivity contribution in [3.63, 3.8) is 0 Å². The second kappa shape index (κ2) is 4.14. The lowest BCUT2D eigenvalue weighted by atomic mass is 10.1. The lowest BCUT2D eigenvalue weighted by Gasteiger charge is -2.26. The van der Waals surface area contributed by atoms with Gasteiger partial charge in [-0.2, -0.15) is 0 Å². The zero-order chi connectivity index (χ0) is 11.8. The predicted octanol–water partition coefficient (Wildman–Crippen LogP) is 0.443. The second-order valence-electron chi connectivity index (χ2n) is 5.05. The van der Waals surface area contributed by atoms with Crippen molar-refractivity contribution in [1.82, 2.24) is 14.9 Å². The van der Waals surface area contributed by atoms with Crippen molar-refractivity contribution in [3.05, 3.63) is 22.7 Å². The molecule has 0 aromatic carbocycles. The number of fused-ring (bicyclic) bond motifs is 2. The van der Waals surface area contributed by atoms with Crippen molar-refractivity contribution in [1.29, 1.82) is 0 Å². The molecule has 1 N–H and O–H groups in total. The third-order valence-electron chi connectivity index (χ3n) is 4.14. The number of hydrogen-bond acceptors (Lipinski definition) is 4. The van der Waals surface area contributed by atoms with Crippen molar-refractivity contribution in [2.45, 2.75) is 31.3 Å². The van der Waals surface area contributed by atoms with Crippen molar-refractivity contribution in [2.24, 2.45) is 0 Å². The molecule has 2 aliphatic rings. The first kappa shape index (κ1) is 10.8. The molecule has 1 aromatic heterocycles. The summed E-state index contributed by atoms with van der Waals surface area (Å²) in [6, 6.07) is 2.93. The van der Waals surface area contributed by atoms with E-state index in [1.165, 1.54) is 25.6 Å². The zero-order valence-electron chi connectivity index (χ0n) is 10.1. The minimum Gasteiger partial charge on any atom is -0.355 e. The van der Waals surface area contributed by atoms with Gasteiger partial charge in [-0.25, -0.2) is 4.98 Å². The van der Waals surface area contributed by atoms with E-state index in [2.05, 4.69) is 26.8 Å². The van der Waals surface area contributed by atoms with E-state index in [9.17, 15) is 4.79 Å². The molecule has 1 aromatic rings. The van der Waals surface area contributed by atoms with Gasteiger partial charge in [0.15, 0.2) is 0 Å². The molecule has 2 unspecified atom stereocenters. The van der Waals surface area contributed by atoms with Gasteiger partial charge >= 0.3 is 0 Å². The molecule has 2 atom stereocenters. The Balaban J connectivity index is 1.83. The zero-order valence-corrected chi connectivity index (χ0v) is 10.1. The number of rotatable bonds is 1. The molecule has 0 radical (unpaired) electrons. The summed E-state index contributed by atoms with van der Waals surface area (Å²) in [6.07, 6.45) is 5.24. The van der Waals surface area contributed by atoms with Crippen LogP contribution in [0.1, 0.15) is 19.3 Å². The highest BCUT2D eigenvalue weighted by atomic mass is 16.1.